The summed E-state index contributed by atoms with van der Waals surface area (Å²) in [7, 11) is 1.67. The number of methoxy groups -OCH3 is 1. The first-order valence-electron chi connectivity index (χ1n) is 8.68. The van der Waals surface area contributed by atoms with Crippen LogP contribution < -0.4 is 15.4 Å². The van der Waals surface area contributed by atoms with Crippen LogP contribution in [0.25, 0.3) is 16.1 Å². The Morgan fingerprint density at radius 3 is 2.81 bits per heavy atom. The molecule has 3 N–H and O–H groups in total. The maximum Gasteiger partial charge on any atom is 0.288 e. The summed E-state index contributed by atoms with van der Waals surface area (Å²) < 4.78 is 5.57. The van der Waals surface area contributed by atoms with Gasteiger partial charge in [0.2, 0.25) is 0 Å². The van der Waals surface area contributed by atoms with Crippen molar-refractivity contribution in [3.05, 3.63) is 53.6 Å². The summed E-state index contributed by atoms with van der Waals surface area (Å²) in [6.07, 6.45) is 5.46. The molecule has 1 aromatic carbocycles. The van der Waals surface area contributed by atoms with Crippen molar-refractivity contribution in [3.8, 4) is 17.0 Å². The first kappa shape index (κ1) is 17.0. The first-order chi connectivity index (χ1) is 13.2. The van der Waals surface area contributed by atoms with E-state index in [2.05, 4.69) is 41.7 Å². The molecule has 0 radical (unpaired) electrons. The summed E-state index contributed by atoms with van der Waals surface area (Å²) in [6.45, 7) is 7.75. The van der Waals surface area contributed by atoms with E-state index in [4.69, 9.17) is 11.3 Å². The number of aromatic amines is 1. The van der Waals surface area contributed by atoms with Gasteiger partial charge in [0.25, 0.3) is 5.82 Å². The fourth-order valence-corrected chi connectivity index (χ4v) is 2.72. The molecule has 2 aromatic heterocycles. The number of nitrogens with one attached hydrogen (secondary N) is 3. The van der Waals surface area contributed by atoms with Gasteiger partial charge >= 0.3 is 0 Å². The Labute approximate surface area is 156 Å². The highest BCUT2D eigenvalue weighted by Gasteiger charge is 2.20. The number of hydrogen-bond donors (Lipinski definition) is 3. The zero-order valence-electron chi connectivity index (χ0n) is 14.9. The number of aromatic nitrogens is 4. The molecule has 2 heterocycles. The summed E-state index contributed by atoms with van der Waals surface area (Å²) >= 11 is 0. The van der Waals surface area contributed by atoms with Gasteiger partial charge in [-0.15, -0.1) is 4.98 Å². The smallest absolute Gasteiger partial charge is 0.288 e. The normalized spacial score (nSPS) is 13.2. The maximum atomic E-state index is 6.91. The maximum absolute atomic E-state index is 6.91. The van der Waals surface area contributed by atoms with E-state index in [1.54, 1.807) is 7.11 Å². The summed E-state index contributed by atoms with van der Waals surface area (Å²) in [6, 6.07) is 8.72. The molecule has 0 bridgehead atoms. The largest absolute Gasteiger partial charge is 0.496 e. The third-order valence-corrected chi connectivity index (χ3v) is 4.32. The minimum absolute atomic E-state index is 0.254. The van der Waals surface area contributed by atoms with Gasteiger partial charge in [0.1, 0.15) is 5.75 Å². The lowest BCUT2D eigenvalue weighted by Gasteiger charge is -2.10. The number of hydrogen-bond acceptors (Lipinski definition) is 6. The molecule has 8 heteroatoms. The lowest BCUT2D eigenvalue weighted by Crippen LogP contribution is -2.15. The second-order valence-electron chi connectivity index (χ2n) is 6.35. The monoisotopic (exact) mass is 361 g/mol. The van der Waals surface area contributed by atoms with E-state index in [-0.39, 0.29) is 5.82 Å². The van der Waals surface area contributed by atoms with Crippen LogP contribution in [-0.2, 0) is 6.54 Å². The SMILES string of the molecule is [C-]#[N+]c1cnc(Nc2cc(-c3ccc(CNC4CC4)cc3OC)[nH]n2)cn1. The first-order valence-corrected chi connectivity index (χ1v) is 8.68. The Morgan fingerprint density at radius 2 is 2.11 bits per heavy atom. The molecule has 3 aromatic rings. The van der Waals surface area contributed by atoms with Crippen LogP contribution in [0.3, 0.4) is 0 Å². The molecule has 0 unspecified atom stereocenters. The molecule has 0 atom stereocenters. The van der Waals surface area contributed by atoms with Gasteiger partial charge in [0.15, 0.2) is 17.8 Å². The van der Waals surface area contributed by atoms with E-state index >= 15 is 0 Å². The second kappa shape index (κ2) is 7.43. The molecule has 4 rings (SSSR count). The predicted octanol–water partition coefficient (Wildman–Crippen LogP) is 3.42. The molecule has 1 aliphatic rings. The van der Waals surface area contributed by atoms with Crippen molar-refractivity contribution in [2.24, 2.45) is 0 Å². The average Bonchev–Trinajstić information content (AvgIpc) is 3.44. The molecule has 0 aliphatic heterocycles. The van der Waals surface area contributed by atoms with Gasteiger partial charge in [-0.05, 0) is 30.5 Å². The van der Waals surface area contributed by atoms with Gasteiger partial charge in [0.05, 0.1) is 19.0 Å². The minimum Gasteiger partial charge on any atom is -0.496 e. The van der Waals surface area contributed by atoms with Crippen molar-refractivity contribution in [2.45, 2.75) is 25.4 Å². The van der Waals surface area contributed by atoms with E-state index in [1.165, 1.54) is 30.8 Å². The van der Waals surface area contributed by atoms with Gasteiger partial charge < -0.3 is 20.2 Å². The molecule has 1 saturated carbocycles. The molecule has 0 spiro atoms. The Morgan fingerprint density at radius 1 is 1.22 bits per heavy atom. The molecule has 0 amide bonds. The van der Waals surface area contributed by atoms with E-state index in [1.807, 2.05) is 18.2 Å². The Balaban J connectivity index is 1.50. The van der Waals surface area contributed by atoms with Crippen LogP contribution >= 0.6 is 0 Å². The van der Waals surface area contributed by atoms with Crippen molar-refractivity contribution in [1.82, 2.24) is 25.5 Å². The molecular weight excluding hydrogens is 342 g/mol. The van der Waals surface area contributed by atoms with Crippen LogP contribution in [0.4, 0.5) is 17.5 Å². The standard InChI is InChI=1S/C19H19N7O/c1-20-18-10-23-19(11-22-18)24-17-8-15(25-26-17)14-6-3-12(7-16(14)27-2)9-21-13-4-5-13/h3,6-8,10-11,13,21H,4-5,9H2,2H3,(H2,23,24,25,26). The van der Waals surface area contributed by atoms with Crippen LogP contribution in [-0.4, -0.2) is 33.3 Å². The Hall–Kier alpha value is -3.44. The number of benzene rings is 1. The molecule has 0 saturated heterocycles. The molecule has 8 nitrogen and oxygen atoms in total. The van der Waals surface area contributed by atoms with E-state index in [9.17, 15) is 0 Å². The number of ether oxygens (including phenoxy) is 1. The van der Waals surface area contributed by atoms with E-state index in [0.717, 1.165) is 23.6 Å². The van der Waals surface area contributed by atoms with E-state index in [0.29, 0.717) is 17.7 Å². The number of anilines is 2. The zero-order valence-corrected chi connectivity index (χ0v) is 14.9. The quantitative estimate of drug-likeness (QED) is 0.559. The topological polar surface area (TPSA) is 92.1 Å². The number of rotatable bonds is 7. The van der Waals surface area contributed by atoms with Crippen molar-refractivity contribution in [3.63, 3.8) is 0 Å². The van der Waals surface area contributed by atoms with Gasteiger partial charge in [-0.25, -0.2) is 4.98 Å². The van der Waals surface area contributed by atoms with Crippen molar-refractivity contribution in [2.75, 3.05) is 12.4 Å². The predicted molar refractivity (Wildman–Crippen MR) is 102 cm³/mol. The minimum atomic E-state index is 0.254. The molecular formula is C19H19N7O. The summed E-state index contributed by atoms with van der Waals surface area (Å²) in [5, 5.41) is 13.8. The molecule has 1 fully saturated rings. The van der Waals surface area contributed by atoms with Crippen LogP contribution in [0.2, 0.25) is 0 Å². The molecule has 1 aliphatic carbocycles. The second-order valence-corrected chi connectivity index (χ2v) is 6.35. The highest BCUT2D eigenvalue weighted by molar-refractivity contribution is 5.71. The van der Waals surface area contributed by atoms with Gasteiger partial charge in [-0.1, -0.05) is 12.6 Å². The molecule has 27 heavy (non-hydrogen) atoms. The summed E-state index contributed by atoms with van der Waals surface area (Å²) in [4.78, 5) is 11.3. The van der Waals surface area contributed by atoms with Crippen LogP contribution in [0, 0.1) is 6.57 Å². The lowest BCUT2D eigenvalue weighted by molar-refractivity contribution is 0.415. The van der Waals surface area contributed by atoms with Gasteiger partial charge in [0, 0.05) is 24.2 Å². The van der Waals surface area contributed by atoms with Crippen LogP contribution in [0.15, 0.2) is 36.7 Å². The summed E-state index contributed by atoms with van der Waals surface area (Å²) in [5.41, 5.74) is 2.96. The Kier molecular flexibility index (Phi) is 4.68. The fourth-order valence-electron chi connectivity index (χ4n) is 2.72. The van der Waals surface area contributed by atoms with Crippen LogP contribution in [0.5, 0.6) is 5.75 Å². The third kappa shape index (κ3) is 4.04. The highest BCUT2D eigenvalue weighted by Crippen LogP contribution is 2.31. The zero-order chi connectivity index (χ0) is 18.6. The third-order valence-electron chi connectivity index (χ3n) is 4.32. The van der Waals surface area contributed by atoms with E-state index < -0.39 is 0 Å². The van der Waals surface area contributed by atoms with Crippen molar-refractivity contribution >= 4 is 17.5 Å². The fraction of sp³-hybridized carbons (Fsp3) is 0.263. The number of nitrogens with zero attached hydrogens (tertiary/aromatic N) is 4. The van der Waals surface area contributed by atoms with Crippen molar-refractivity contribution < 1.29 is 4.74 Å². The lowest BCUT2D eigenvalue weighted by atomic mass is 10.1. The van der Waals surface area contributed by atoms with Crippen molar-refractivity contribution in [1.29, 1.82) is 0 Å². The Bertz CT molecular complexity index is 970. The van der Waals surface area contributed by atoms with Gasteiger partial charge in [-0.2, -0.15) is 5.10 Å². The highest BCUT2D eigenvalue weighted by atomic mass is 16.5. The number of H-pyrrole nitrogens is 1. The van der Waals surface area contributed by atoms with Gasteiger partial charge in [-0.3, -0.25) is 5.10 Å². The van der Waals surface area contributed by atoms with Crippen LogP contribution in [0.1, 0.15) is 18.4 Å². The average molecular weight is 361 g/mol. The molecule has 136 valence electrons. The summed E-state index contributed by atoms with van der Waals surface area (Å²) in [5.74, 6) is 2.18.